The fraction of sp³-hybridized carbons (Fsp3) is 0.0833. The molecule has 0 unspecified atom stereocenters. The zero-order valence-electron chi connectivity index (χ0n) is 16.9. The molecule has 0 saturated carbocycles. The lowest BCUT2D eigenvalue weighted by atomic mass is 10.1. The van der Waals surface area contributed by atoms with Crippen LogP contribution in [0.15, 0.2) is 77.7 Å². The number of anilines is 1. The Bertz CT molecular complexity index is 1280. The first-order valence-corrected chi connectivity index (χ1v) is 10.8. The number of aromatic amines is 1. The molecule has 0 bridgehead atoms. The number of benzene rings is 3. The third kappa shape index (κ3) is 5.39. The maximum atomic E-state index is 13.4. The van der Waals surface area contributed by atoms with E-state index < -0.39 is 0 Å². The van der Waals surface area contributed by atoms with Crippen molar-refractivity contribution in [3.8, 4) is 6.07 Å². The second-order valence-electron chi connectivity index (χ2n) is 6.96. The maximum Gasteiger partial charge on any atom is 0.259 e. The summed E-state index contributed by atoms with van der Waals surface area (Å²) in [6, 6.07) is 23.0. The van der Waals surface area contributed by atoms with Crippen molar-refractivity contribution in [2.45, 2.75) is 17.1 Å². The van der Waals surface area contributed by atoms with Gasteiger partial charge in [-0.05, 0) is 47.5 Å². The van der Waals surface area contributed by atoms with Gasteiger partial charge in [-0.1, -0.05) is 36.4 Å². The molecule has 6 nitrogen and oxygen atoms in total. The number of nitriles is 1. The summed E-state index contributed by atoms with van der Waals surface area (Å²) in [6.45, 7) is 0. The number of thioether (sulfide) groups is 1. The minimum absolute atomic E-state index is 0.160. The van der Waals surface area contributed by atoms with E-state index in [4.69, 9.17) is 5.26 Å². The lowest BCUT2D eigenvalue weighted by Crippen LogP contribution is -2.14. The van der Waals surface area contributed by atoms with Crippen LogP contribution in [-0.4, -0.2) is 21.1 Å². The highest BCUT2D eigenvalue weighted by atomic mass is 32.2. The number of nitrogens with zero attached hydrogens (tertiary/aromatic N) is 3. The highest BCUT2D eigenvalue weighted by Gasteiger charge is 2.14. The summed E-state index contributed by atoms with van der Waals surface area (Å²) < 4.78 is 13.4. The third-order valence-electron chi connectivity index (χ3n) is 4.63. The Morgan fingerprint density at radius 1 is 1.06 bits per heavy atom. The van der Waals surface area contributed by atoms with Crippen LogP contribution in [0.1, 0.15) is 32.9 Å². The molecule has 3 aromatic carbocycles. The van der Waals surface area contributed by atoms with Gasteiger partial charge in [0.1, 0.15) is 11.6 Å². The Hall–Kier alpha value is -3.96. The zero-order chi connectivity index (χ0) is 22.3. The molecule has 4 aromatic rings. The summed E-state index contributed by atoms with van der Waals surface area (Å²) in [5.74, 6) is 0.714. The van der Waals surface area contributed by atoms with E-state index >= 15 is 0 Å². The molecule has 0 fully saturated rings. The van der Waals surface area contributed by atoms with Gasteiger partial charge in [0.2, 0.25) is 5.95 Å². The first kappa shape index (κ1) is 21.3. The second-order valence-corrected chi connectivity index (χ2v) is 7.98. The summed E-state index contributed by atoms with van der Waals surface area (Å²) in [6.07, 6.45) is 0.373. The highest BCUT2D eigenvalue weighted by molar-refractivity contribution is 7.98. The number of carbonyl (C=O) groups is 1. The van der Waals surface area contributed by atoms with Gasteiger partial charge >= 0.3 is 0 Å². The summed E-state index contributed by atoms with van der Waals surface area (Å²) in [7, 11) is 0. The van der Waals surface area contributed by atoms with Gasteiger partial charge in [-0.3, -0.25) is 15.2 Å². The smallest absolute Gasteiger partial charge is 0.259 e. The molecule has 32 heavy (non-hydrogen) atoms. The third-order valence-corrected chi connectivity index (χ3v) is 5.77. The van der Waals surface area contributed by atoms with E-state index in [1.165, 1.54) is 23.9 Å². The van der Waals surface area contributed by atoms with Crippen molar-refractivity contribution in [1.82, 2.24) is 15.2 Å². The van der Waals surface area contributed by atoms with Crippen molar-refractivity contribution >= 4 is 23.6 Å². The van der Waals surface area contributed by atoms with Crippen molar-refractivity contribution < 1.29 is 9.18 Å². The number of hydrogen-bond acceptors (Lipinski definition) is 5. The van der Waals surface area contributed by atoms with E-state index in [1.807, 2.05) is 24.3 Å². The number of hydrogen-bond donors (Lipinski definition) is 2. The van der Waals surface area contributed by atoms with Crippen LogP contribution in [0.4, 0.5) is 10.3 Å². The number of H-pyrrole nitrogens is 1. The monoisotopic (exact) mass is 443 g/mol. The van der Waals surface area contributed by atoms with E-state index in [1.54, 1.807) is 36.4 Å². The number of amides is 1. The van der Waals surface area contributed by atoms with Gasteiger partial charge in [0.25, 0.3) is 5.91 Å². The molecule has 0 saturated heterocycles. The number of nitrogens with one attached hydrogen (secondary N) is 2. The molecule has 0 aliphatic heterocycles. The van der Waals surface area contributed by atoms with E-state index in [0.717, 1.165) is 16.0 Å². The van der Waals surface area contributed by atoms with Crippen molar-refractivity contribution in [3.05, 3.63) is 107 Å². The van der Waals surface area contributed by atoms with Crippen LogP contribution >= 0.6 is 11.8 Å². The van der Waals surface area contributed by atoms with Crippen LogP contribution in [-0.2, 0) is 12.2 Å². The van der Waals surface area contributed by atoms with Gasteiger partial charge in [-0.2, -0.15) is 10.2 Å². The average molecular weight is 444 g/mol. The SMILES string of the molecule is N#Cc1ccc(CSc2ccccc2C(=O)Nc2n[nH]c(Cc3cccc(F)c3)n2)cc1. The molecule has 0 spiro atoms. The Labute approximate surface area is 188 Å². The number of halogens is 1. The zero-order valence-corrected chi connectivity index (χ0v) is 17.7. The van der Waals surface area contributed by atoms with Crippen LogP contribution in [0.5, 0.6) is 0 Å². The van der Waals surface area contributed by atoms with E-state index in [-0.39, 0.29) is 17.7 Å². The Morgan fingerprint density at radius 2 is 1.88 bits per heavy atom. The van der Waals surface area contributed by atoms with Gasteiger partial charge in [-0.15, -0.1) is 16.9 Å². The minimum Gasteiger partial charge on any atom is -0.289 e. The molecule has 1 heterocycles. The Kier molecular flexibility index (Phi) is 6.58. The van der Waals surface area contributed by atoms with Crippen molar-refractivity contribution in [2.24, 2.45) is 0 Å². The quantitative estimate of drug-likeness (QED) is 0.394. The molecule has 0 aliphatic carbocycles. The second kappa shape index (κ2) is 9.90. The van der Waals surface area contributed by atoms with Crippen molar-refractivity contribution in [1.29, 1.82) is 5.26 Å². The van der Waals surface area contributed by atoms with E-state index in [0.29, 0.717) is 29.1 Å². The molecule has 158 valence electrons. The molecule has 8 heteroatoms. The maximum absolute atomic E-state index is 13.4. The molecule has 0 radical (unpaired) electrons. The van der Waals surface area contributed by atoms with Crippen LogP contribution < -0.4 is 5.32 Å². The Morgan fingerprint density at radius 3 is 2.66 bits per heavy atom. The van der Waals surface area contributed by atoms with Gasteiger partial charge < -0.3 is 0 Å². The van der Waals surface area contributed by atoms with Crippen molar-refractivity contribution in [2.75, 3.05) is 5.32 Å². The first-order valence-electron chi connectivity index (χ1n) is 9.78. The predicted octanol–water partition coefficient (Wildman–Crippen LogP) is 4.95. The lowest BCUT2D eigenvalue weighted by Gasteiger charge is -2.08. The predicted molar refractivity (Wildman–Crippen MR) is 121 cm³/mol. The molecule has 2 N–H and O–H groups in total. The standard InChI is InChI=1S/C24H18FN5OS/c25-19-5-3-4-18(12-19)13-22-27-24(30-29-22)28-23(31)20-6-1-2-7-21(20)32-15-17-10-8-16(14-26)9-11-17/h1-12H,13,15H2,(H2,27,28,29,30,31). The summed E-state index contributed by atoms with van der Waals surface area (Å²) >= 11 is 1.53. The summed E-state index contributed by atoms with van der Waals surface area (Å²) in [5.41, 5.74) is 2.94. The van der Waals surface area contributed by atoms with E-state index in [9.17, 15) is 9.18 Å². The minimum atomic E-state index is -0.316. The Balaban J connectivity index is 1.41. The van der Waals surface area contributed by atoms with Crippen LogP contribution in [0, 0.1) is 17.1 Å². The molecular formula is C24H18FN5OS. The largest absolute Gasteiger partial charge is 0.289 e. The normalized spacial score (nSPS) is 10.5. The highest BCUT2D eigenvalue weighted by Crippen LogP contribution is 2.27. The molecule has 1 amide bonds. The van der Waals surface area contributed by atoms with Gasteiger partial charge in [0.15, 0.2) is 0 Å². The molecule has 1 aromatic heterocycles. The van der Waals surface area contributed by atoms with E-state index in [2.05, 4.69) is 26.6 Å². The lowest BCUT2D eigenvalue weighted by molar-refractivity contribution is 0.102. The average Bonchev–Trinajstić information content (AvgIpc) is 3.24. The summed E-state index contributed by atoms with van der Waals surface area (Å²) in [4.78, 5) is 17.9. The topological polar surface area (TPSA) is 94.5 Å². The first-order chi connectivity index (χ1) is 15.6. The fourth-order valence-electron chi connectivity index (χ4n) is 3.06. The summed E-state index contributed by atoms with van der Waals surface area (Å²) in [5, 5.41) is 18.4. The molecule has 0 atom stereocenters. The molecule has 4 rings (SSSR count). The molecular weight excluding hydrogens is 425 g/mol. The van der Waals surface area contributed by atoms with Crippen LogP contribution in [0.2, 0.25) is 0 Å². The van der Waals surface area contributed by atoms with Gasteiger partial charge in [-0.25, -0.2) is 4.39 Å². The number of rotatable bonds is 7. The van der Waals surface area contributed by atoms with Crippen LogP contribution in [0.3, 0.4) is 0 Å². The molecule has 0 aliphatic rings. The van der Waals surface area contributed by atoms with Crippen LogP contribution in [0.25, 0.3) is 0 Å². The number of aromatic nitrogens is 3. The van der Waals surface area contributed by atoms with Gasteiger partial charge in [0, 0.05) is 17.1 Å². The van der Waals surface area contributed by atoms with Crippen molar-refractivity contribution in [3.63, 3.8) is 0 Å². The number of carbonyl (C=O) groups excluding carboxylic acids is 1. The van der Waals surface area contributed by atoms with Gasteiger partial charge in [0.05, 0.1) is 17.2 Å². The fourth-order valence-corrected chi connectivity index (χ4v) is 4.06.